The zero-order valence-corrected chi connectivity index (χ0v) is 6.81. The largest absolute Gasteiger partial charge is 0.326 e. The number of rotatable bonds is 1. The normalized spacial score (nSPS) is 9.80. The summed E-state index contributed by atoms with van der Waals surface area (Å²) in [5.74, 6) is 0. The molecule has 0 bridgehead atoms. The van der Waals surface area contributed by atoms with Crippen molar-refractivity contribution in [2.45, 2.75) is 6.54 Å². The minimum Gasteiger partial charge on any atom is -0.326 e. The van der Waals surface area contributed by atoms with E-state index in [2.05, 4.69) is 20.9 Å². The van der Waals surface area contributed by atoms with Crippen LogP contribution in [0, 0.1) is 0 Å². The molecule has 0 unspecified atom stereocenters. The zero-order valence-electron chi connectivity index (χ0n) is 5.23. The Morgan fingerprint density at radius 3 is 2.80 bits per heavy atom. The Morgan fingerprint density at radius 2 is 2.30 bits per heavy atom. The van der Waals surface area contributed by atoms with Crippen molar-refractivity contribution in [3.05, 3.63) is 32.7 Å². The quantitative estimate of drug-likeness (QED) is 0.656. The molecule has 0 aliphatic heterocycles. The van der Waals surface area contributed by atoms with E-state index in [-0.39, 0.29) is 5.56 Å². The molecule has 1 heterocycles. The van der Waals surface area contributed by atoms with Crippen molar-refractivity contribution < 1.29 is 0 Å². The molecule has 3 nitrogen and oxygen atoms in total. The second-order valence-electron chi connectivity index (χ2n) is 1.90. The molecule has 0 saturated carbocycles. The van der Waals surface area contributed by atoms with Crippen LogP contribution in [0.15, 0.2) is 21.5 Å². The van der Waals surface area contributed by atoms with Gasteiger partial charge in [0.05, 0.1) is 4.60 Å². The van der Waals surface area contributed by atoms with Crippen LogP contribution < -0.4 is 11.3 Å². The van der Waals surface area contributed by atoms with Crippen molar-refractivity contribution >= 4 is 15.9 Å². The van der Waals surface area contributed by atoms with Crippen LogP contribution in [-0.2, 0) is 6.54 Å². The summed E-state index contributed by atoms with van der Waals surface area (Å²) in [6, 6.07) is 3.26. The van der Waals surface area contributed by atoms with Gasteiger partial charge in [0.1, 0.15) is 0 Å². The van der Waals surface area contributed by atoms with E-state index >= 15 is 0 Å². The summed E-state index contributed by atoms with van der Waals surface area (Å²) >= 11 is 3.14. The molecule has 0 spiro atoms. The Hall–Kier alpha value is -0.610. The average molecular weight is 203 g/mol. The van der Waals surface area contributed by atoms with Gasteiger partial charge in [0.25, 0.3) is 0 Å². The molecule has 0 fully saturated rings. The monoisotopic (exact) mass is 202 g/mol. The molecule has 0 aromatic carbocycles. The molecular weight excluding hydrogens is 196 g/mol. The van der Waals surface area contributed by atoms with E-state index in [4.69, 9.17) is 5.73 Å². The molecule has 0 aliphatic carbocycles. The summed E-state index contributed by atoms with van der Waals surface area (Å²) in [5.41, 5.74) is 6.01. The maximum absolute atomic E-state index is 10.7. The number of pyridine rings is 1. The third-order valence-electron chi connectivity index (χ3n) is 1.11. The summed E-state index contributed by atoms with van der Waals surface area (Å²) in [7, 11) is 0. The Morgan fingerprint density at radius 1 is 1.60 bits per heavy atom. The van der Waals surface area contributed by atoms with Gasteiger partial charge >= 0.3 is 0 Å². The summed E-state index contributed by atoms with van der Waals surface area (Å²) in [6.07, 6.45) is 0. The lowest BCUT2D eigenvalue weighted by Crippen LogP contribution is -2.08. The highest BCUT2D eigenvalue weighted by molar-refractivity contribution is 9.10. The van der Waals surface area contributed by atoms with Gasteiger partial charge < -0.3 is 10.7 Å². The summed E-state index contributed by atoms with van der Waals surface area (Å²) in [6.45, 7) is 0.391. The first-order valence-electron chi connectivity index (χ1n) is 2.81. The van der Waals surface area contributed by atoms with Crippen molar-refractivity contribution in [3.63, 3.8) is 0 Å². The standard InChI is InChI=1S/C6H7BrN2O/c7-5-1-4(3-8)2-6(10)9-5/h1-2H,3,8H2,(H,9,10). The minimum atomic E-state index is -0.130. The molecule has 0 radical (unpaired) electrons. The highest BCUT2D eigenvalue weighted by atomic mass is 79.9. The second kappa shape index (κ2) is 2.98. The topological polar surface area (TPSA) is 58.9 Å². The van der Waals surface area contributed by atoms with Gasteiger partial charge in [-0.25, -0.2) is 0 Å². The minimum absolute atomic E-state index is 0.130. The van der Waals surface area contributed by atoms with Gasteiger partial charge in [0.2, 0.25) is 5.56 Å². The van der Waals surface area contributed by atoms with Gasteiger partial charge in [0, 0.05) is 12.6 Å². The van der Waals surface area contributed by atoms with E-state index in [1.54, 1.807) is 6.07 Å². The highest BCUT2D eigenvalue weighted by Crippen LogP contribution is 2.03. The van der Waals surface area contributed by atoms with Crippen LogP contribution >= 0.6 is 15.9 Å². The van der Waals surface area contributed by atoms with Crippen LogP contribution in [0.1, 0.15) is 5.56 Å². The van der Waals surface area contributed by atoms with Gasteiger partial charge in [0.15, 0.2) is 0 Å². The predicted molar refractivity (Wildman–Crippen MR) is 42.7 cm³/mol. The third kappa shape index (κ3) is 1.68. The molecule has 1 rings (SSSR count). The van der Waals surface area contributed by atoms with Gasteiger partial charge in [-0.2, -0.15) is 0 Å². The number of hydrogen-bond donors (Lipinski definition) is 2. The van der Waals surface area contributed by atoms with E-state index in [0.717, 1.165) is 5.56 Å². The average Bonchev–Trinajstić information content (AvgIpc) is 1.85. The fourth-order valence-electron chi connectivity index (χ4n) is 0.681. The van der Waals surface area contributed by atoms with Crippen molar-refractivity contribution in [2.75, 3.05) is 0 Å². The molecule has 10 heavy (non-hydrogen) atoms. The number of hydrogen-bond acceptors (Lipinski definition) is 2. The fourth-order valence-corrected chi connectivity index (χ4v) is 1.17. The molecule has 0 atom stereocenters. The molecule has 0 aliphatic rings. The first-order chi connectivity index (χ1) is 4.72. The van der Waals surface area contributed by atoms with Crippen LogP contribution in [-0.4, -0.2) is 4.98 Å². The number of aromatic nitrogens is 1. The first kappa shape index (κ1) is 7.50. The third-order valence-corrected chi connectivity index (χ3v) is 1.53. The van der Waals surface area contributed by atoms with Gasteiger partial charge in [-0.15, -0.1) is 0 Å². The molecule has 0 amide bonds. The number of H-pyrrole nitrogens is 1. The first-order valence-corrected chi connectivity index (χ1v) is 3.60. The maximum atomic E-state index is 10.7. The Kier molecular flexibility index (Phi) is 2.24. The van der Waals surface area contributed by atoms with E-state index in [1.165, 1.54) is 6.07 Å². The summed E-state index contributed by atoms with van der Waals surface area (Å²) in [4.78, 5) is 13.3. The molecule has 1 aromatic rings. The lowest BCUT2D eigenvalue weighted by Gasteiger charge is -1.94. The van der Waals surface area contributed by atoms with E-state index in [1.807, 2.05) is 0 Å². The van der Waals surface area contributed by atoms with Crippen LogP contribution in [0.2, 0.25) is 0 Å². The number of halogens is 1. The van der Waals surface area contributed by atoms with E-state index in [9.17, 15) is 4.79 Å². The number of nitrogens with two attached hydrogens (primary N) is 1. The molecule has 4 heteroatoms. The summed E-state index contributed by atoms with van der Waals surface area (Å²) < 4.78 is 0.667. The number of aromatic amines is 1. The van der Waals surface area contributed by atoms with Gasteiger partial charge in [-0.3, -0.25) is 4.79 Å². The lowest BCUT2D eigenvalue weighted by molar-refractivity contribution is 1.04. The Balaban J connectivity index is 3.19. The van der Waals surface area contributed by atoms with Crippen molar-refractivity contribution in [1.82, 2.24) is 4.98 Å². The Labute approximate surface area is 66.4 Å². The molecule has 0 saturated heterocycles. The van der Waals surface area contributed by atoms with E-state index < -0.39 is 0 Å². The highest BCUT2D eigenvalue weighted by Gasteiger charge is 1.92. The molecular formula is C6H7BrN2O. The maximum Gasteiger partial charge on any atom is 0.249 e. The zero-order chi connectivity index (χ0) is 7.56. The SMILES string of the molecule is NCc1cc(Br)[nH]c(=O)c1. The second-order valence-corrected chi connectivity index (χ2v) is 2.76. The van der Waals surface area contributed by atoms with E-state index in [0.29, 0.717) is 11.1 Å². The smallest absolute Gasteiger partial charge is 0.249 e. The van der Waals surface area contributed by atoms with Crippen LogP contribution in [0.5, 0.6) is 0 Å². The lowest BCUT2D eigenvalue weighted by atomic mass is 10.3. The van der Waals surface area contributed by atoms with Crippen molar-refractivity contribution in [1.29, 1.82) is 0 Å². The van der Waals surface area contributed by atoms with Gasteiger partial charge in [-0.05, 0) is 27.6 Å². The number of nitrogens with one attached hydrogen (secondary N) is 1. The van der Waals surface area contributed by atoms with Gasteiger partial charge in [-0.1, -0.05) is 0 Å². The van der Waals surface area contributed by atoms with Crippen LogP contribution in [0.3, 0.4) is 0 Å². The fraction of sp³-hybridized carbons (Fsp3) is 0.167. The van der Waals surface area contributed by atoms with Crippen molar-refractivity contribution in [2.24, 2.45) is 5.73 Å². The molecule has 3 N–H and O–H groups in total. The molecule has 54 valence electrons. The predicted octanol–water partition coefficient (Wildman–Crippen LogP) is 0.596. The van der Waals surface area contributed by atoms with Crippen LogP contribution in [0.25, 0.3) is 0 Å². The van der Waals surface area contributed by atoms with Crippen molar-refractivity contribution in [3.8, 4) is 0 Å². The van der Waals surface area contributed by atoms with Crippen LogP contribution in [0.4, 0.5) is 0 Å². The summed E-state index contributed by atoms with van der Waals surface area (Å²) in [5, 5.41) is 0. The Bertz CT molecular complexity index is 281. The molecule has 1 aromatic heterocycles.